The summed E-state index contributed by atoms with van der Waals surface area (Å²) in [5.41, 5.74) is 5.74. The maximum atomic E-state index is 13.1. The molecule has 1 aromatic carbocycles. The molecule has 0 radical (unpaired) electrons. The molecule has 0 spiro atoms. The van der Waals surface area contributed by atoms with Crippen LogP contribution in [0, 0.1) is 17.6 Å². The number of thiocarbonyl (C=S) groups is 1. The molecule has 19 heavy (non-hydrogen) atoms. The fourth-order valence-electron chi connectivity index (χ4n) is 2.21. The third-order valence-electron chi connectivity index (χ3n) is 3.28. The van der Waals surface area contributed by atoms with Crippen molar-refractivity contribution < 1.29 is 13.6 Å². The molecule has 1 aliphatic heterocycles. The standard InChI is InChI=1S/C13H14F2N2OS/c14-10-4-3-8(6-11(10)15)13(18)17-5-1-2-9(7-17)12(16)19/h3-4,6,9H,1-2,5,7H2,(H2,16,19). The minimum atomic E-state index is -1.02. The molecule has 1 unspecified atom stereocenters. The van der Waals surface area contributed by atoms with Crippen molar-refractivity contribution in [3.05, 3.63) is 35.4 Å². The fourth-order valence-corrected chi connectivity index (χ4v) is 2.40. The normalized spacial score (nSPS) is 19.3. The van der Waals surface area contributed by atoms with Gasteiger partial charge in [0.25, 0.3) is 5.91 Å². The van der Waals surface area contributed by atoms with Crippen LogP contribution in [-0.2, 0) is 0 Å². The van der Waals surface area contributed by atoms with Crippen molar-refractivity contribution in [2.24, 2.45) is 11.7 Å². The minimum absolute atomic E-state index is 0.00186. The van der Waals surface area contributed by atoms with Crippen LogP contribution < -0.4 is 5.73 Å². The molecule has 2 N–H and O–H groups in total. The number of carbonyl (C=O) groups is 1. The lowest BCUT2D eigenvalue weighted by Gasteiger charge is -2.32. The minimum Gasteiger partial charge on any atom is -0.393 e. The first-order valence-electron chi connectivity index (χ1n) is 6.02. The number of piperidine rings is 1. The zero-order valence-electron chi connectivity index (χ0n) is 10.2. The Labute approximate surface area is 115 Å². The number of benzene rings is 1. The summed E-state index contributed by atoms with van der Waals surface area (Å²) in [4.78, 5) is 14.2. The second-order valence-corrected chi connectivity index (χ2v) is 5.09. The van der Waals surface area contributed by atoms with E-state index in [1.54, 1.807) is 4.90 Å². The predicted octanol–water partition coefficient (Wildman–Crippen LogP) is 2.10. The van der Waals surface area contributed by atoms with E-state index in [1.807, 2.05) is 0 Å². The average Bonchev–Trinajstić information content (AvgIpc) is 2.41. The summed E-state index contributed by atoms with van der Waals surface area (Å²) in [6, 6.07) is 3.16. The molecular weight excluding hydrogens is 270 g/mol. The van der Waals surface area contributed by atoms with E-state index in [2.05, 4.69) is 0 Å². The quantitative estimate of drug-likeness (QED) is 0.846. The monoisotopic (exact) mass is 284 g/mol. The zero-order chi connectivity index (χ0) is 14.0. The van der Waals surface area contributed by atoms with Gasteiger partial charge in [0.05, 0.1) is 4.99 Å². The van der Waals surface area contributed by atoms with E-state index in [-0.39, 0.29) is 17.4 Å². The van der Waals surface area contributed by atoms with Crippen LogP contribution in [0.2, 0.25) is 0 Å². The van der Waals surface area contributed by atoms with Gasteiger partial charge in [-0.2, -0.15) is 0 Å². The second-order valence-electron chi connectivity index (χ2n) is 4.62. The number of hydrogen-bond acceptors (Lipinski definition) is 2. The summed E-state index contributed by atoms with van der Waals surface area (Å²) in [7, 11) is 0. The molecule has 1 atom stereocenters. The predicted molar refractivity (Wildman–Crippen MR) is 71.8 cm³/mol. The Morgan fingerprint density at radius 3 is 2.74 bits per heavy atom. The van der Waals surface area contributed by atoms with E-state index in [9.17, 15) is 13.6 Å². The summed E-state index contributed by atoms with van der Waals surface area (Å²) in [5.74, 6) is -2.30. The van der Waals surface area contributed by atoms with Crippen LogP contribution in [0.5, 0.6) is 0 Å². The topological polar surface area (TPSA) is 46.3 Å². The van der Waals surface area contributed by atoms with E-state index in [0.29, 0.717) is 18.1 Å². The number of halogens is 2. The number of likely N-dealkylation sites (tertiary alicyclic amines) is 1. The summed E-state index contributed by atoms with van der Waals surface area (Å²) in [5, 5.41) is 0. The van der Waals surface area contributed by atoms with Crippen molar-refractivity contribution in [3.63, 3.8) is 0 Å². The van der Waals surface area contributed by atoms with Crippen molar-refractivity contribution in [2.75, 3.05) is 13.1 Å². The SMILES string of the molecule is NC(=S)C1CCCN(C(=O)c2ccc(F)c(F)c2)C1. The maximum absolute atomic E-state index is 13.1. The Morgan fingerprint density at radius 1 is 1.37 bits per heavy atom. The van der Waals surface area contributed by atoms with Crippen molar-refractivity contribution in [1.82, 2.24) is 4.90 Å². The fraction of sp³-hybridized carbons (Fsp3) is 0.385. The highest BCUT2D eigenvalue weighted by Crippen LogP contribution is 2.19. The lowest BCUT2D eigenvalue weighted by atomic mass is 9.97. The average molecular weight is 284 g/mol. The van der Waals surface area contributed by atoms with Crippen molar-refractivity contribution >= 4 is 23.1 Å². The molecule has 1 fully saturated rings. The van der Waals surface area contributed by atoms with Gasteiger partial charge in [0.15, 0.2) is 11.6 Å². The van der Waals surface area contributed by atoms with Gasteiger partial charge in [-0.05, 0) is 31.0 Å². The number of nitrogens with two attached hydrogens (primary N) is 1. The van der Waals surface area contributed by atoms with Gasteiger partial charge in [0, 0.05) is 24.6 Å². The van der Waals surface area contributed by atoms with Gasteiger partial charge in [-0.1, -0.05) is 12.2 Å². The summed E-state index contributed by atoms with van der Waals surface area (Å²) in [6.45, 7) is 1.02. The van der Waals surface area contributed by atoms with Gasteiger partial charge in [0.1, 0.15) is 0 Å². The number of carbonyl (C=O) groups excluding carboxylic acids is 1. The van der Waals surface area contributed by atoms with Gasteiger partial charge in [-0.15, -0.1) is 0 Å². The summed E-state index contributed by atoms with van der Waals surface area (Å²) >= 11 is 4.94. The summed E-state index contributed by atoms with van der Waals surface area (Å²) in [6.07, 6.45) is 1.66. The Bertz CT molecular complexity index is 521. The van der Waals surface area contributed by atoms with Crippen LogP contribution in [0.1, 0.15) is 23.2 Å². The van der Waals surface area contributed by atoms with Crippen LogP contribution in [0.4, 0.5) is 8.78 Å². The Morgan fingerprint density at radius 2 is 2.11 bits per heavy atom. The number of nitrogens with zero attached hydrogens (tertiary/aromatic N) is 1. The highest BCUT2D eigenvalue weighted by molar-refractivity contribution is 7.80. The Kier molecular flexibility index (Phi) is 4.09. The van der Waals surface area contributed by atoms with Gasteiger partial charge in [-0.25, -0.2) is 8.78 Å². The smallest absolute Gasteiger partial charge is 0.253 e. The molecule has 1 amide bonds. The number of amides is 1. The molecule has 0 bridgehead atoms. The maximum Gasteiger partial charge on any atom is 0.253 e. The van der Waals surface area contributed by atoms with Crippen LogP contribution in [0.25, 0.3) is 0 Å². The molecule has 1 saturated heterocycles. The lowest BCUT2D eigenvalue weighted by molar-refractivity contribution is 0.0703. The first kappa shape index (κ1) is 13.9. The molecule has 1 aromatic rings. The Balaban J connectivity index is 2.14. The third kappa shape index (κ3) is 3.07. The molecule has 0 aliphatic carbocycles. The highest BCUT2D eigenvalue weighted by Gasteiger charge is 2.26. The molecule has 102 valence electrons. The van der Waals surface area contributed by atoms with Crippen LogP contribution in [0.15, 0.2) is 18.2 Å². The van der Waals surface area contributed by atoms with E-state index in [1.165, 1.54) is 6.07 Å². The lowest BCUT2D eigenvalue weighted by Crippen LogP contribution is -2.43. The van der Waals surface area contributed by atoms with Gasteiger partial charge in [-0.3, -0.25) is 4.79 Å². The van der Waals surface area contributed by atoms with Gasteiger partial charge >= 0.3 is 0 Å². The van der Waals surface area contributed by atoms with E-state index >= 15 is 0 Å². The first-order chi connectivity index (χ1) is 8.99. The molecular formula is C13H14F2N2OS. The molecule has 1 heterocycles. The van der Waals surface area contributed by atoms with E-state index in [0.717, 1.165) is 25.0 Å². The Hall–Kier alpha value is -1.56. The van der Waals surface area contributed by atoms with Crippen LogP contribution in [0.3, 0.4) is 0 Å². The first-order valence-corrected chi connectivity index (χ1v) is 6.43. The molecule has 0 saturated carbocycles. The van der Waals surface area contributed by atoms with Crippen molar-refractivity contribution in [3.8, 4) is 0 Å². The van der Waals surface area contributed by atoms with Crippen molar-refractivity contribution in [1.29, 1.82) is 0 Å². The summed E-state index contributed by atoms with van der Waals surface area (Å²) < 4.78 is 26.0. The molecule has 3 nitrogen and oxygen atoms in total. The zero-order valence-corrected chi connectivity index (χ0v) is 11.1. The van der Waals surface area contributed by atoms with Gasteiger partial charge in [0.2, 0.25) is 0 Å². The molecule has 0 aromatic heterocycles. The van der Waals surface area contributed by atoms with Crippen LogP contribution >= 0.6 is 12.2 Å². The highest BCUT2D eigenvalue weighted by atomic mass is 32.1. The number of hydrogen-bond donors (Lipinski definition) is 1. The van der Waals surface area contributed by atoms with Crippen molar-refractivity contribution in [2.45, 2.75) is 12.8 Å². The number of rotatable bonds is 2. The van der Waals surface area contributed by atoms with E-state index < -0.39 is 11.6 Å². The largest absolute Gasteiger partial charge is 0.393 e. The molecule has 1 aliphatic rings. The third-order valence-corrected chi connectivity index (χ3v) is 3.61. The molecule has 6 heteroatoms. The van der Waals surface area contributed by atoms with Crippen LogP contribution in [-0.4, -0.2) is 28.9 Å². The second kappa shape index (κ2) is 5.61. The molecule has 2 rings (SSSR count). The van der Waals surface area contributed by atoms with Gasteiger partial charge < -0.3 is 10.6 Å². The van der Waals surface area contributed by atoms with E-state index in [4.69, 9.17) is 18.0 Å².